The van der Waals surface area contributed by atoms with E-state index in [9.17, 15) is 0 Å². The molecule has 0 unspecified atom stereocenters. The van der Waals surface area contributed by atoms with E-state index in [0.717, 1.165) is 60.8 Å². The van der Waals surface area contributed by atoms with Crippen molar-refractivity contribution in [3.8, 4) is 44.8 Å². The van der Waals surface area contributed by atoms with Gasteiger partial charge in [-0.1, -0.05) is 133 Å². The molecular formula is C50H30N2. The van der Waals surface area contributed by atoms with Gasteiger partial charge in [-0.25, -0.2) is 9.97 Å². The monoisotopic (exact) mass is 658 g/mol. The third-order valence-corrected chi connectivity index (χ3v) is 10.7. The van der Waals surface area contributed by atoms with Crippen molar-refractivity contribution < 1.29 is 0 Å². The number of fused-ring (bicyclic) bond motifs is 3. The van der Waals surface area contributed by atoms with Gasteiger partial charge < -0.3 is 0 Å². The average Bonchev–Trinajstić information content (AvgIpc) is 3.21. The summed E-state index contributed by atoms with van der Waals surface area (Å²) in [5.74, 6) is 0. The average molecular weight is 659 g/mol. The highest BCUT2D eigenvalue weighted by molar-refractivity contribution is 6.26. The van der Waals surface area contributed by atoms with E-state index in [0.29, 0.717) is 0 Å². The Balaban J connectivity index is 1.08. The fourth-order valence-electron chi connectivity index (χ4n) is 8.14. The van der Waals surface area contributed by atoms with Gasteiger partial charge in [-0.3, -0.25) is 0 Å². The van der Waals surface area contributed by atoms with Crippen molar-refractivity contribution in [2.24, 2.45) is 0 Å². The quantitative estimate of drug-likeness (QED) is 0.139. The summed E-state index contributed by atoms with van der Waals surface area (Å²) in [7, 11) is 0. The lowest BCUT2D eigenvalue weighted by Gasteiger charge is -2.18. The molecule has 0 aliphatic rings. The van der Waals surface area contributed by atoms with Crippen molar-refractivity contribution in [1.82, 2.24) is 9.97 Å². The Morgan fingerprint density at radius 1 is 0.250 bits per heavy atom. The van der Waals surface area contributed by atoms with Crippen LogP contribution in [0.25, 0.3) is 110 Å². The number of hydrogen-bond acceptors (Lipinski definition) is 2. The second-order valence-corrected chi connectivity index (χ2v) is 13.8. The molecule has 0 atom stereocenters. The SMILES string of the molecule is c1ccc(-c2nc3cc(-c4ccc5cc(-c6ccc7cc8ccccc8cc7c6)ccc5c4)cc4c(-c5ccccc5)nc5cccc2c5c34)cc1. The lowest BCUT2D eigenvalue weighted by Crippen LogP contribution is -1.97. The summed E-state index contributed by atoms with van der Waals surface area (Å²) in [5, 5.41) is 12.1. The lowest BCUT2D eigenvalue weighted by molar-refractivity contribution is 1.40. The topological polar surface area (TPSA) is 25.8 Å². The smallest absolute Gasteiger partial charge is 0.0789 e. The van der Waals surface area contributed by atoms with E-state index >= 15 is 0 Å². The Morgan fingerprint density at radius 2 is 0.731 bits per heavy atom. The van der Waals surface area contributed by atoms with Crippen LogP contribution in [-0.4, -0.2) is 9.97 Å². The standard InChI is InChI=1S/C50H30N2/c1-3-10-31(11-4-1)49-43-16-9-17-45-47(43)48-44(50(51-45)32-12-5-2-6-13-32)29-42(30-46(48)52-49)40-23-20-35-25-36(18-19-37(35)26-40)38-21-22-39-24-33-14-7-8-15-34(33)27-41(39)28-38/h1-30H. The fraction of sp³-hybridized carbons (Fsp3) is 0. The van der Waals surface area contributed by atoms with Gasteiger partial charge in [0.15, 0.2) is 0 Å². The Hall–Kier alpha value is -6.90. The van der Waals surface area contributed by atoms with Crippen molar-refractivity contribution in [2.45, 2.75) is 0 Å². The molecule has 240 valence electrons. The van der Waals surface area contributed by atoms with Crippen LogP contribution < -0.4 is 0 Å². The second kappa shape index (κ2) is 11.3. The van der Waals surface area contributed by atoms with Crippen LogP contribution in [0.15, 0.2) is 182 Å². The Morgan fingerprint density at radius 3 is 1.38 bits per heavy atom. The van der Waals surface area contributed by atoms with E-state index in [1.54, 1.807) is 0 Å². The first-order valence-electron chi connectivity index (χ1n) is 17.8. The first-order valence-corrected chi connectivity index (χ1v) is 17.8. The minimum Gasteiger partial charge on any atom is -0.247 e. The van der Waals surface area contributed by atoms with E-state index in [-0.39, 0.29) is 0 Å². The number of aromatic nitrogens is 2. The first-order chi connectivity index (χ1) is 25.7. The third kappa shape index (κ3) is 4.58. The Kier molecular flexibility index (Phi) is 6.28. The van der Waals surface area contributed by atoms with Gasteiger partial charge >= 0.3 is 0 Å². The third-order valence-electron chi connectivity index (χ3n) is 10.7. The molecule has 2 heteroatoms. The van der Waals surface area contributed by atoms with E-state index < -0.39 is 0 Å². The highest BCUT2D eigenvalue weighted by atomic mass is 14.7. The highest BCUT2D eigenvalue weighted by Crippen LogP contribution is 2.43. The summed E-state index contributed by atoms with van der Waals surface area (Å²) in [5.41, 5.74) is 10.9. The van der Waals surface area contributed by atoms with Crippen molar-refractivity contribution in [3.05, 3.63) is 182 Å². The molecule has 0 amide bonds. The molecule has 9 aromatic carbocycles. The van der Waals surface area contributed by atoms with Crippen LogP contribution in [0.5, 0.6) is 0 Å². The van der Waals surface area contributed by atoms with Crippen LogP contribution in [0, 0.1) is 0 Å². The predicted molar refractivity (Wildman–Crippen MR) is 220 cm³/mol. The van der Waals surface area contributed by atoms with Gasteiger partial charge in [0.2, 0.25) is 0 Å². The molecule has 2 nitrogen and oxygen atoms in total. The normalized spacial score (nSPS) is 11.8. The molecule has 0 aliphatic heterocycles. The second-order valence-electron chi connectivity index (χ2n) is 13.8. The Labute approximate surface area is 300 Å². The molecule has 0 fully saturated rings. The molecule has 0 saturated heterocycles. The van der Waals surface area contributed by atoms with E-state index in [1.807, 2.05) is 0 Å². The van der Waals surface area contributed by atoms with E-state index in [2.05, 4.69) is 182 Å². The molecule has 0 radical (unpaired) electrons. The zero-order valence-corrected chi connectivity index (χ0v) is 28.2. The van der Waals surface area contributed by atoms with E-state index in [1.165, 1.54) is 48.8 Å². The number of benzene rings is 9. The summed E-state index contributed by atoms with van der Waals surface area (Å²) >= 11 is 0. The molecule has 0 aliphatic carbocycles. The molecule has 52 heavy (non-hydrogen) atoms. The van der Waals surface area contributed by atoms with Crippen LogP contribution >= 0.6 is 0 Å². The summed E-state index contributed by atoms with van der Waals surface area (Å²) in [6.07, 6.45) is 0. The largest absolute Gasteiger partial charge is 0.247 e. The maximum Gasteiger partial charge on any atom is 0.0789 e. The van der Waals surface area contributed by atoms with Crippen molar-refractivity contribution in [3.63, 3.8) is 0 Å². The molecule has 0 bridgehead atoms. The summed E-state index contributed by atoms with van der Waals surface area (Å²) < 4.78 is 0. The van der Waals surface area contributed by atoms with Gasteiger partial charge in [-0.15, -0.1) is 0 Å². The van der Waals surface area contributed by atoms with Crippen LogP contribution in [0.3, 0.4) is 0 Å². The van der Waals surface area contributed by atoms with Gasteiger partial charge in [0.05, 0.1) is 22.4 Å². The van der Waals surface area contributed by atoms with Crippen molar-refractivity contribution in [2.75, 3.05) is 0 Å². The maximum atomic E-state index is 5.41. The summed E-state index contributed by atoms with van der Waals surface area (Å²) in [4.78, 5) is 10.8. The van der Waals surface area contributed by atoms with Gasteiger partial charge in [0.1, 0.15) is 0 Å². The minimum absolute atomic E-state index is 0.981. The lowest BCUT2D eigenvalue weighted by atomic mass is 9.91. The molecule has 11 aromatic rings. The van der Waals surface area contributed by atoms with Crippen LogP contribution in [0.4, 0.5) is 0 Å². The molecular weight excluding hydrogens is 629 g/mol. The maximum absolute atomic E-state index is 5.41. The van der Waals surface area contributed by atoms with E-state index in [4.69, 9.17) is 9.97 Å². The first kappa shape index (κ1) is 28.9. The fourth-order valence-corrected chi connectivity index (χ4v) is 8.14. The molecule has 11 rings (SSSR count). The summed E-state index contributed by atoms with van der Waals surface area (Å²) in [6, 6.07) is 65.7. The zero-order chi connectivity index (χ0) is 34.2. The predicted octanol–water partition coefficient (Wildman–Crippen LogP) is 13.5. The van der Waals surface area contributed by atoms with Crippen molar-refractivity contribution >= 4 is 64.9 Å². The van der Waals surface area contributed by atoms with Crippen molar-refractivity contribution in [1.29, 1.82) is 0 Å². The number of nitrogens with zero attached hydrogens (tertiary/aromatic N) is 2. The molecule has 0 spiro atoms. The van der Waals surface area contributed by atoms with Gasteiger partial charge in [-0.2, -0.15) is 0 Å². The van der Waals surface area contributed by atoms with Gasteiger partial charge in [-0.05, 0) is 103 Å². The number of rotatable bonds is 4. The number of pyridine rings is 2. The molecule has 0 N–H and O–H groups in total. The summed E-state index contributed by atoms with van der Waals surface area (Å²) in [6.45, 7) is 0. The zero-order valence-electron chi connectivity index (χ0n) is 28.2. The highest BCUT2D eigenvalue weighted by Gasteiger charge is 2.20. The van der Waals surface area contributed by atoms with Crippen LogP contribution in [0.2, 0.25) is 0 Å². The van der Waals surface area contributed by atoms with Crippen LogP contribution in [-0.2, 0) is 0 Å². The molecule has 2 aromatic heterocycles. The van der Waals surface area contributed by atoms with Gasteiger partial charge in [0, 0.05) is 32.7 Å². The minimum atomic E-state index is 0.981. The van der Waals surface area contributed by atoms with Gasteiger partial charge in [0.25, 0.3) is 0 Å². The molecule has 0 saturated carbocycles. The van der Waals surface area contributed by atoms with Crippen LogP contribution in [0.1, 0.15) is 0 Å². The number of hydrogen-bond donors (Lipinski definition) is 0. The Bertz CT molecular complexity index is 3160. The molecule has 2 heterocycles.